The van der Waals surface area contributed by atoms with Gasteiger partial charge in [0.15, 0.2) is 0 Å². The van der Waals surface area contributed by atoms with Crippen LogP contribution in [0.4, 0.5) is 16.3 Å². The van der Waals surface area contributed by atoms with E-state index in [2.05, 4.69) is 10.4 Å². The number of aromatic nitrogens is 3. The van der Waals surface area contributed by atoms with Crippen LogP contribution in [0, 0.1) is 6.92 Å². The van der Waals surface area contributed by atoms with Crippen molar-refractivity contribution >= 4 is 29.1 Å². The largest absolute Gasteiger partial charge is 0.349 e. The van der Waals surface area contributed by atoms with Gasteiger partial charge in [-0.05, 0) is 43.2 Å². The summed E-state index contributed by atoms with van der Waals surface area (Å²) in [5.41, 5.74) is 3.56. The lowest BCUT2D eigenvalue weighted by atomic mass is 10.2. The van der Waals surface area contributed by atoms with Gasteiger partial charge in [0, 0.05) is 43.1 Å². The molecule has 0 bridgehead atoms. The van der Waals surface area contributed by atoms with Crippen LogP contribution in [0.5, 0.6) is 0 Å². The third kappa shape index (κ3) is 2.97. The van der Waals surface area contributed by atoms with Crippen molar-refractivity contribution in [3.8, 4) is 11.4 Å². The van der Waals surface area contributed by atoms with Gasteiger partial charge >= 0.3 is 6.03 Å². The van der Waals surface area contributed by atoms with Crippen LogP contribution >= 0.6 is 11.6 Å². The quantitative estimate of drug-likeness (QED) is 0.732. The number of urea groups is 1. The van der Waals surface area contributed by atoms with Crippen molar-refractivity contribution in [2.24, 2.45) is 7.05 Å². The minimum absolute atomic E-state index is 0.177. The number of carbonyl (C=O) groups is 1. The molecule has 1 N–H and O–H groups in total. The number of carbonyl (C=O) groups excluding carboxylic acids is 1. The molecular formula is C19H20ClN5O. The van der Waals surface area contributed by atoms with Gasteiger partial charge in [-0.15, -0.1) is 0 Å². The van der Waals surface area contributed by atoms with Crippen molar-refractivity contribution in [2.45, 2.75) is 19.9 Å². The zero-order valence-corrected chi connectivity index (χ0v) is 15.5. The van der Waals surface area contributed by atoms with Gasteiger partial charge < -0.3 is 9.88 Å². The average Bonchev–Trinajstić information content (AvgIpc) is 3.23. The van der Waals surface area contributed by atoms with Gasteiger partial charge in [0.1, 0.15) is 11.5 Å². The molecule has 1 aromatic carbocycles. The van der Waals surface area contributed by atoms with E-state index in [1.807, 2.05) is 59.7 Å². The standard InChI is InChI=1S/C19H20ClN5O/c1-13-6-7-14(11-15(13)20)21-19(26)24-9-4-10-25-18(24)12-16(22-25)17-5-3-8-23(17)2/h3,5-8,11-12H,4,9-10H2,1-2H3,(H,21,26). The van der Waals surface area contributed by atoms with Crippen LogP contribution < -0.4 is 10.2 Å². The van der Waals surface area contributed by atoms with Crippen molar-refractivity contribution < 1.29 is 4.79 Å². The average molecular weight is 370 g/mol. The zero-order valence-electron chi connectivity index (χ0n) is 14.7. The van der Waals surface area contributed by atoms with Gasteiger partial charge in [-0.2, -0.15) is 5.10 Å². The Morgan fingerprint density at radius 2 is 2.08 bits per heavy atom. The van der Waals surface area contributed by atoms with E-state index in [0.29, 0.717) is 17.3 Å². The fraction of sp³-hybridized carbons (Fsp3) is 0.263. The predicted octanol–water partition coefficient (Wildman–Crippen LogP) is 4.29. The molecule has 0 unspecified atom stereocenters. The molecule has 4 rings (SSSR count). The molecule has 134 valence electrons. The molecule has 1 aliphatic rings. The van der Waals surface area contributed by atoms with Crippen molar-refractivity contribution in [3.05, 3.63) is 53.2 Å². The van der Waals surface area contributed by atoms with E-state index >= 15 is 0 Å². The highest BCUT2D eigenvalue weighted by Gasteiger charge is 2.25. The lowest BCUT2D eigenvalue weighted by molar-refractivity contribution is 0.255. The first kappa shape index (κ1) is 16.7. The van der Waals surface area contributed by atoms with E-state index in [9.17, 15) is 4.79 Å². The smallest absolute Gasteiger partial charge is 0.327 e. The molecule has 3 aromatic rings. The molecule has 7 heteroatoms. The van der Waals surface area contributed by atoms with Crippen molar-refractivity contribution in [1.82, 2.24) is 14.3 Å². The van der Waals surface area contributed by atoms with E-state index in [1.165, 1.54) is 0 Å². The lowest BCUT2D eigenvalue weighted by Gasteiger charge is -2.27. The summed E-state index contributed by atoms with van der Waals surface area (Å²) in [6, 6.07) is 11.3. The number of nitrogens with one attached hydrogen (secondary N) is 1. The summed E-state index contributed by atoms with van der Waals surface area (Å²) >= 11 is 6.16. The van der Waals surface area contributed by atoms with Crippen molar-refractivity contribution in [2.75, 3.05) is 16.8 Å². The summed E-state index contributed by atoms with van der Waals surface area (Å²) in [5, 5.41) is 8.24. The maximum atomic E-state index is 12.8. The second-order valence-electron chi connectivity index (χ2n) is 6.51. The monoisotopic (exact) mass is 369 g/mol. The van der Waals surface area contributed by atoms with Crippen LogP contribution in [0.15, 0.2) is 42.6 Å². The van der Waals surface area contributed by atoms with Crippen LogP contribution in [0.25, 0.3) is 11.4 Å². The summed E-state index contributed by atoms with van der Waals surface area (Å²) in [4.78, 5) is 14.5. The second kappa shape index (κ2) is 6.53. The van der Waals surface area contributed by atoms with E-state index in [4.69, 9.17) is 11.6 Å². The topological polar surface area (TPSA) is 55.1 Å². The van der Waals surface area contributed by atoms with E-state index < -0.39 is 0 Å². The summed E-state index contributed by atoms with van der Waals surface area (Å²) in [5.74, 6) is 0.808. The normalized spacial score (nSPS) is 13.6. The first-order valence-electron chi connectivity index (χ1n) is 8.57. The summed E-state index contributed by atoms with van der Waals surface area (Å²) in [6.07, 6.45) is 2.85. The summed E-state index contributed by atoms with van der Waals surface area (Å²) in [7, 11) is 1.99. The maximum absolute atomic E-state index is 12.8. The van der Waals surface area contributed by atoms with Gasteiger partial charge in [0.25, 0.3) is 0 Å². The molecule has 0 atom stereocenters. The number of hydrogen-bond donors (Lipinski definition) is 1. The minimum Gasteiger partial charge on any atom is -0.349 e. The summed E-state index contributed by atoms with van der Waals surface area (Å²) in [6.45, 7) is 3.39. The van der Waals surface area contributed by atoms with E-state index in [1.54, 1.807) is 11.0 Å². The number of amides is 2. The van der Waals surface area contributed by atoms with Crippen LogP contribution in [-0.4, -0.2) is 26.9 Å². The number of nitrogens with zero attached hydrogens (tertiary/aromatic N) is 4. The first-order valence-corrected chi connectivity index (χ1v) is 8.95. The first-order chi connectivity index (χ1) is 12.5. The Kier molecular flexibility index (Phi) is 4.20. The molecule has 0 radical (unpaired) electrons. The van der Waals surface area contributed by atoms with Crippen molar-refractivity contribution in [1.29, 1.82) is 0 Å². The third-order valence-corrected chi connectivity index (χ3v) is 5.07. The lowest BCUT2D eigenvalue weighted by Crippen LogP contribution is -2.40. The van der Waals surface area contributed by atoms with Gasteiger partial charge in [0.2, 0.25) is 0 Å². The number of rotatable bonds is 2. The van der Waals surface area contributed by atoms with Crippen LogP contribution in [0.2, 0.25) is 5.02 Å². The number of anilines is 2. The van der Waals surface area contributed by atoms with Crippen LogP contribution in [-0.2, 0) is 13.6 Å². The molecule has 1 aliphatic heterocycles. The third-order valence-electron chi connectivity index (χ3n) is 4.66. The van der Waals surface area contributed by atoms with Gasteiger partial charge in [0.05, 0.1) is 5.69 Å². The van der Waals surface area contributed by atoms with Crippen LogP contribution in [0.3, 0.4) is 0 Å². The molecule has 0 aliphatic carbocycles. The Bertz CT molecular complexity index is 974. The molecular weight excluding hydrogens is 350 g/mol. The van der Waals surface area contributed by atoms with E-state index in [-0.39, 0.29) is 6.03 Å². The highest BCUT2D eigenvalue weighted by molar-refractivity contribution is 6.31. The minimum atomic E-state index is -0.177. The molecule has 0 saturated heterocycles. The molecule has 2 aromatic heterocycles. The number of aryl methyl sites for hydroxylation is 3. The Labute approximate surface area is 157 Å². The fourth-order valence-electron chi connectivity index (χ4n) is 3.20. The van der Waals surface area contributed by atoms with Crippen molar-refractivity contribution in [3.63, 3.8) is 0 Å². The number of fused-ring (bicyclic) bond motifs is 1. The molecule has 0 saturated carbocycles. The Hall–Kier alpha value is -2.73. The maximum Gasteiger partial charge on any atom is 0.327 e. The SMILES string of the molecule is Cc1ccc(NC(=O)N2CCCn3nc(-c4cccn4C)cc32)cc1Cl. The number of benzene rings is 1. The Morgan fingerprint density at radius 1 is 1.23 bits per heavy atom. The van der Waals surface area contributed by atoms with E-state index in [0.717, 1.165) is 35.7 Å². The second-order valence-corrected chi connectivity index (χ2v) is 6.92. The molecule has 2 amide bonds. The zero-order chi connectivity index (χ0) is 18.3. The van der Waals surface area contributed by atoms with Gasteiger partial charge in [-0.25, -0.2) is 9.48 Å². The molecule has 26 heavy (non-hydrogen) atoms. The Morgan fingerprint density at radius 3 is 2.81 bits per heavy atom. The highest BCUT2D eigenvalue weighted by Crippen LogP contribution is 2.28. The molecule has 0 spiro atoms. The number of halogens is 1. The molecule has 0 fully saturated rings. The number of hydrogen-bond acceptors (Lipinski definition) is 2. The summed E-state index contributed by atoms with van der Waals surface area (Å²) < 4.78 is 3.92. The molecule has 6 nitrogen and oxygen atoms in total. The van der Waals surface area contributed by atoms with Gasteiger partial charge in [-0.1, -0.05) is 17.7 Å². The predicted molar refractivity (Wildman–Crippen MR) is 104 cm³/mol. The van der Waals surface area contributed by atoms with Gasteiger partial charge in [-0.3, -0.25) is 4.90 Å². The molecule has 3 heterocycles. The highest BCUT2D eigenvalue weighted by atomic mass is 35.5. The van der Waals surface area contributed by atoms with Crippen LogP contribution in [0.1, 0.15) is 12.0 Å². The fourth-order valence-corrected chi connectivity index (χ4v) is 3.38. The Balaban J connectivity index is 1.61.